The SMILES string of the molecule is CCOC(=O)C1=C(CN2CCN(CC)CC2)N(C)C(=O)N[C@@H]1c1ccc(C(F)(F)F)cc1. The minimum atomic E-state index is -4.47. The summed E-state index contributed by atoms with van der Waals surface area (Å²) in [6.07, 6.45) is -4.47. The molecule has 0 saturated carbocycles. The summed E-state index contributed by atoms with van der Waals surface area (Å²) in [6, 6.07) is 3.15. The largest absolute Gasteiger partial charge is 0.463 e. The number of ether oxygens (including phenoxy) is 1. The average molecular weight is 454 g/mol. The van der Waals surface area contributed by atoms with Gasteiger partial charge in [0, 0.05) is 45.5 Å². The first kappa shape index (κ1) is 24.1. The minimum absolute atomic E-state index is 0.141. The second kappa shape index (κ2) is 9.91. The zero-order valence-corrected chi connectivity index (χ0v) is 18.5. The Kier molecular flexibility index (Phi) is 7.45. The van der Waals surface area contributed by atoms with E-state index in [1.807, 2.05) is 0 Å². The fraction of sp³-hybridized carbons (Fsp3) is 0.545. The summed E-state index contributed by atoms with van der Waals surface area (Å²) in [5.74, 6) is -0.591. The summed E-state index contributed by atoms with van der Waals surface area (Å²) in [5, 5.41) is 2.73. The van der Waals surface area contributed by atoms with E-state index in [1.54, 1.807) is 14.0 Å². The van der Waals surface area contributed by atoms with Gasteiger partial charge in [0.15, 0.2) is 0 Å². The van der Waals surface area contributed by atoms with E-state index >= 15 is 0 Å². The van der Waals surface area contributed by atoms with E-state index in [0.29, 0.717) is 17.8 Å². The molecule has 2 amide bonds. The Balaban J connectivity index is 1.98. The molecule has 176 valence electrons. The second-order valence-electron chi connectivity index (χ2n) is 7.85. The minimum Gasteiger partial charge on any atom is -0.463 e. The monoisotopic (exact) mass is 454 g/mol. The van der Waals surface area contributed by atoms with Crippen LogP contribution in [0.4, 0.5) is 18.0 Å². The molecule has 3 rings (SSSR count). The van der Waals surface area contributed by atoms with E-state index in [4.69, 9.17) is 4.74 Å². The fourth-order valence-corrected chi connectivity index (χ4v) is 3.99. The molecule has 32 heavy (non-hydrogen) atoms. The van der Waals surface area contributed by atoms with Crippen LogP contribution in [0.2, 0.25) is 0 Å². The molecule has 0 aromatic heterocycles. The van der Waals surface area contributed by atoms with Crippen molar-refractivity contribution in [2.45, 2.75) is 26.1 Å². The van der Waals surface area contributed by atoms with Gasteiger partial charge in [0.25, 0.3) is 0 Å². The number of hydrogen-bond acceptors (Lipinski definition) is 5. The number of urea groups is 1. The Morgan fingerprint density at radius 2 is 1.69 bits per heavy atom. The number of benzene rings is 1. The Morgan fingerprint density at radius 3 is 2.22 bits per heavy atom. The molecule has 2 heterocycles. The number of carbonyl (C=O) groups is 2. The molecule has 1 aromatic carbocycles. The number of likely N-dealkylation sites (N-methyl/N-ethyl adjacent to an activating group) is 2. The average Bonchev–Trinajstić information content (AvgIpc) is 2.77. The number of rotatable bonds is 6. The third-order valence-corrected chi connectivity index (χ3v) is 5.93. The van der Waals surface area contributed by atoms with Crippen molar-refractivity contribution >= 4 is 12.0 Å². The lowest BCUT2D eigenvalue weighted by molar-refractivity contribution is -0.139. The highest BCUT2D eigenvalue weighted by Crippen LogP contribution is 2.34. The van der Waals surface area contributed by atoms with Crippen LogP contribution in [0.25, 0.3) is 0 Å². The normalized spacial score (nSPS) is 21.0. The highest BCUT2D eigenvalue weighted by molar-refractivity contribution is 5.95. The molecule has 0 radical (unpaired) electrons. The van der Waals surface area contributed by atoms with E-state index in [1.165, 1.54) is 17.0 Å². The number of hydrogen-bond donors (Lipinski definition) is 1. The molecule has 0 aliphatic carbocycles. The molecule has 1 atom stereocenters. The summed E-state index contributed by atoms with van der Waals surface area (Å²) >= 11 is 0. The quantitative estimate of drug-likeness (QED) is 0.670. The van der Waals surface area contributed by atoms with Crippen molar-refractivity contribution < 1.29 is 27.5 Å². The van der Waals surface area contributed by atoms with Crippen LogP contribution >= 0.6 is 0 Å². The van der Waals surface area contributed by atoms with Crippen molar-refractivity contribution in [3.8, 4) is 0 Å². The smallest absolute Gasteiger partial charge is 0.416 e. The van der Waals surface area contributed by atoms with E-state index in [2.05, 4.69) is 22.0 Å². The molecule has 2 aliphatic rings. The number of piperazine rings is 1. The molecule has 2 aliphatic heterocycles. The molecule has 10 heteroatoms. The van der Waals surface area contributed by atoms with Crippen molar-refractivity contribution in [1.29, 1.82) is 0 Å². The molecule has 0 unspecified atom stereocenters. The van der Waals surface area contributed by atoms with Gasteiger partial charge >= 0.3 is 18.2 Å². The van der Waals surface area contributed by atoms with E-state index < -0.39 is 29.8 Å². The summed E-state index contributed by atoms with van der Waals surface area (Å²) < 4.78 is 44.2. The van der Waals surface area contributed by atoms with Crippen LogP contribution in [-0.2, 0) is 15.7 Å². The first-order chi connectivity index (χ1) is 15.2. The highest BCUT2D eigenvalue weighted by Gasteiger charge is 2.38. The van der Waals surface area contributed by atoms with Gasteiger partial charge in [-0.3, -0.25) is 9.80 Å². The standard InChI is InChI=1S/C22H29F3N4O3/c1-4-28-10-12-29(13-11-28)14-17-18(20(30)32-5-2)19(26-21(31)27(17)3)15-6-8-16(9-7-15)22(23,24)25/h6-9,19H,4-5,10-14H2,1-3H3,(H,26,31)/t19-/m1/s1. The zero-order valence-electron chi connectivity index (χ0n) is 18.5. The molecule has 1 saturated heterocycles. The number of alkyl halides is 3. The number of nitrogens with zero attached hydrogens (tertiary/aromatic N) is 3. The second-order valence-corrected chi connectivity index (χ2v) is 7.85. The van der Waals surface area contributed by atoms with Crippen LogP contribution in [0.1, 0.15) is 31.0 Å². The Labute approximate surface area is 185 Å². The molecule has 1 aromatic rings. The van der Waals surface area contributed by atoms with Crippen LogP contribution in [0.15, 0.2) is 35.5 Å². The number of halogens is 3. The number of amides is 2. The first-order valence-electron chi connectivity index (χ1n) is 10.7. The zero-order chi connectivity index (χ0) is 23.5. The summed E-state index contributed by atoms with van der Waals surface area (Å²) in [6.45, 7) is 8.60. The topological polar surface area (TPSA) is 65.1 Å². The van der Waals surface area contributed by atoms with E-state index in [0.717, 1.165) is 44.9 Å². The van der Waals surface area contributed by atoms with Gasteiger partial charge in [-0.25, -0.2) is 9.59 Å². The Bertz CT molecular complexity index is 862. The lowest BCUT2D eigenvalue weighted by atomic mass is 9.93. The number of nitrogens with one attached hydrogen (secondary N) is 1. The predicted molar refractivity (Wildman–Crippen MR) is 113 cm³/mol. The lowest BCUT2D eigenvalue weighted by Crippen LogP contribution is -2.52. The fourth-order valence-electron chi connectivity index (χ4n) is 3.99. The summed E-state index contributed by atoms with van der Waals surface area (Å²) in [5.41, 5.74) is 0.334. The highest BCUT2D eigenvalue weighted by atomic mass is 19.4. The van der Waals surface area contributed by atoms with Crippen LogP contribution in [0, 0.1) is 0 Å². The van der Waals surface area contributed by atoms with E-state index in [9.17, 15) is 22.8 Å². The maximum atomic E-state index is 13.0. The Morgan fingerprint density at radius 1 is 1.09 bits per heavy atom. The van der Waals surface area contributed by atoms with Crippen LogP contribution < -0.4 is 5.32 Å². The van der Waals surface area contributed by atoms with Gasteiger partial charge in [0.05, 0.1) is 23.8 Å². The summed E-state index contributed by atoms with van der Waals surface area (Å²) in [4.78, 5) is 31.5. The molecule has 7 nitrogen and oxygen atoms in total. The lowest BCUT2D eigenvalue weighted by Gasteiger charge is -2.39. The third-order valence-electron chi connectivity index (χ3n) is 5.93. The van der Waals surface area contributed by atoms with Crippen LogP contribution in [0.3, 0.4) is 0 Å². The maximum absolute atomic E-state index is 13.0. The van der Waals surface area contributed by atoms with E-state index in [-0.39, 0.29) is 12.2 Å². The van der Waals surface area contributed by atoms with Crippen LogP contribution in [-0.4, -0.2) is 79.6 Å². The van der Waals surface area contributed by atoms with Gasteiger partial charge in [-0.2, -0.15) is 13.2 Å². The van der Waals surface area contributed by atoms with Gasteiger partial charge < -0.3 is 15.0 Å². The molecule has 1 N–H and O–H groups in total. The van der Waals surface area contributed by atoms with Gasteiger partial charge in [-0.05, 0) is 31.2 Å². The maximum Gasteiger partial charge on any atom is 0.416 e. The van der Waals surface area contributed by atoms with Crippen LogP contribution in [0.5, 0.6) is 0 Å². The molecule has 0 spiro atoms. The number of esters is 1. The van der Waals surface area contributed by atoms with Crippen molar-refractivity contribution in [2.75, 3.05) is 52.9 Å². The van der Waals surface area contributed by atoms with Gasteiger partial charge in [0.2, 0.25) is 0 Å². The first-order valence-corrected chi connectivity index (χ1v) is 10.7. The third kappa shape index (κ3) is 5.24. The van der Waals surface area contributed by atoms with Gasteiger partial charge in [-0.15, -0.1) is 0 Å². The molecule has 0 bridgehead atoms. The van der Waals surface area contributed by atoms with Crippen molar-refractivity contribution in [1.82, 2.24) is 20.0 Å². The van der Waals surface area contributed by atoms with Gasteiger partial charge in [0.1, 0.15) is 0 Å². The predicted octanol–water partition coefficient (Wildman–Crippen LogP) is 2.86. The molecule has 1 fully saturated rings. The van der Waals surface area contributed by atoms with Gasteiger partial charge in [-0.1, -0.05) is 19.1 Å². The van der Waals surface area contributed by atoms with Crippen molar-refractivity contribution in [3.63, 3.8) is 0 Å². The summed E-state index contributed by atoms with van der Waals surface area (Å²) in [7, 11) is 1.58. The van der Waals surface area contributed by atoms with Crippen molar-refractivity contribution in [3.05, 3.63) is 46.7 Å². The van der Waals surface area contributed by atoms with Crippen molar-refractivity contribution in [2.24, 2.45) is 0 Å². The number of carbonyl (C=O) groups excluding carboxylic acids is 2. The Hall–Kier alpha value is -2.59. The molecular formula is C22H29F3N4O3. The molecular weight excluding hydrogens is 425 g/mol.